The molecule has 0 unspecified atom stereocenters. The third-order valence-electron chi connectivity index (χ3n) is 4.04. The first-order valence-corrected chi connectivity index (χ1v) is 7.50. The van der Waals surface area contributed by atoms with Crippen molar-refractivity contribution in [3.05, 3.63) is 18.0 Å². The Morgan fingerprint density at radius 3 is 2.83 bits per heavy atom. The van der Waals surface area contributed by atoms with Gasteiger partial charge in [-0.2, -0.15) is 5.10 Å². The highest BCUT2D eigenvalue weighted by Crippen LogP contribution is 2.27. The van der Waals surface area contributed by atoms with Crippen molar-refractivity contribution >= 4 is 0 Å². The molecule has 0 atom stereocenters. The third kappa shape index (κ3) is 4.13. The normalized spacial score (nSPS) is 24.3. The predicted molar refractivity (Wildman–Crippen MR) is 75.3 cm³/mol. The van der Waals surface area contributed by atoms with E-state index in [9.17, 15) is 0 Å². The molecule has 3 nitrogen and oxygen atoms in total. The summed E-state index contributed by atoms with van der Waals surface area (Å²) in [7, 11) is 0. The predicted octanol–water partition coefficient (Wildman–Crippen LogP) is 3.21. The first-order valence-electron chi connectivity index (χ1n) is 7.50. The highest BCUT2D eigenvalue weighted by Gasteiger charge is 2.17. The van der Waals surface area contributed by atoms with Crippen LogP contribution in [0.25, 0.3) is 0 Å². The standard InChI is InChI=1S/C15H27N3/c1-3-8-18-12-15(11-17-18)10-16-9-14-6-4-13(2)5-7-14/h11-14,16H,3-10H2,1-2H3. The van der Waals surface area contributed by atoms with E-state index in [2.05, 4.69) is 30.5 Å². The summed E-state index contributed by atoms with van der Waals surface area (Å²) in [5, 5.41) is 7.95. The van der Waals surface area contributed by atoms with Gasteiger partial charge in [-0.1, -0.05) is 26.7 Å². The average Bonchev–Trinajstić information content (AvgIpc) is 2.80. The van der Waals surface area contributed by atoms with Gasteiger partial charge in [-0.3, -0.25) is 4.68 Å². The second kappa shape index (κ2) is 6.93. The SMILES string of the molecule is CCCn1cc(CNCC2CCC(C)CC2)cn1. The molecule has 0 spiro atoms. The average molecular weight is 249 g/mol. The van der Waals surface area contributed by atoms with Crippen molar-refractivity contribution < 1.29 is 0 Å². The number of aromatic nitrogens is 2. The van der Waals surface area contributed by atoms with E-state index in [-0.39, 0.29) is 0 Å². The van der Waals surface area contributed by atoms with Gasteiger partial charge in [0.1, 0.15) is 0 Å². The molecule has 1 fully saturated rings. The minimum Gasteiger partial charge on any atom is -0.312 e. The van der Waals surface area contributed by atoms with Crippen LogP contribution >= 0.6 is 0 Å². The van der Waals surface area contributed by atoms with Crippen molar-refractivity contribution in [1.82, 2.24) is 15.1 Å². The van der Waals surface area contributed by atoms with Crippen LogP contribution in [0, 0.1) is 11.8 Å². The molecule has 1 aromatic heterocycles. The monoisotopic (exact) mass is 249 g/mol. The Labute approximate surface area is 111 Å². The van der Waals surface area contributed by atoms with Crippen molar-refractivity contribution in [2.45, 2.75) is 59.0 Å². The molecule has 1 aliphatic carbocycles. The number of hydrogen-bond donors (Lipinski definition) is 1. The molecule has 18 heavy (non-hydrogen) atoms. The largest absolute Gasteiger partial charge is 0.312 e. The Morgan fingerprint density at radius 1 is 1.33 bits per heavy atom. The lowest BCUT2D eigenvalue weighted by Gasteiger charge is -2.26. The van der Waals surface area contributed by atoms with E-state index in [0.717, 1.165) is 31.3 Å². The molecule has 0 saturated heterocycles. The summed E-state index contributed by atoms with van der Waals surface area (Å²) in [6, 6.07) is 0. The fourth-order valence-corrected chi connectivity index (χ4v) is 2.80. The Morgan fingerprint density at radius 2 is 2.11 bits per heavy atom. The van der Waals surface area contributed by atoms with Gasteiger partial charge in [0.15, 0.2) is 0 Å². The summed E-state index contributed by atoms with van der Waals surface area (Å²) >= 11 is 0. The van der Waals surface area contributed by atoms with Gasteiger partial charge in [-0.15, -0.1) is 0 Å². The van der Waals surface area contributed by atoms with E-state index in [0.29, 0.717) is 0 Å². The molecule has 3 heteroatoms. The van der Waals surface area contributed by atoms with E-state index >= 15 is 0 Å². The maximum absolute atomic E-state index is 4.36. The lowest BCUT2D eigenvalue weighted by molar-refractivity contribution is 0.281. The molecular weight excluding hydrogens is 222 g/mol. The first-order chi connectivity index (χ1) is 8.78. The Balaban J connectivity index is 1.65. The van der Waals surface area contributed by atoms with Crippen molar-refractivity contribution in [1.29, 1.82) is 0 Å². The topological polar surface area (TPSA) is 29.9 Å². The van der Waals surface area contributed by atoms with Crippen molar-refractivity contribution in [2.75, 3.05) is 6.54 Å². The molecule has 1 aliphatic rings. The molecule has 1 N–H and O–H groups in total. The van der Waals surface area contributed by atoms with Crippen LogP contribution in [0.5, 0.6) is 0 Å². The second-order valence-corrected chi connectivity index (χ2v) is 5.87. The fourth-order valence-electron chi connectivity index (χ4n) is 2.80. The summed E-state index contributed by atoms with van der Waals surface area (Å²) in [6.45, 7) is 7.73. The Bertz CT molecular complexity index is 337. The molecule has 0 aliphatic heterocycles. The maximum Gasteiger partial charge on any atom is 0.0534 e. The minimum atomic E-state index is 0.895. The van der Waals surface area contributed by atoms with Crippen LogP contribution in [-0.4, -0.2) is 16.3 Å². The molecule has 0 bridgehead atoms. The van der Waals surface area contributed by atoms with E-state index in [1.165, 1.54) is 37.8 Å². The maximum atomic E-state index is 4.36. The summed E-state index contributed by atoms with van der Waals surface area (Å²) in [6.07, 6.45) is 11.0. The van der Waals surface area contributed by atoms with Gasteiger partial charge >= 0.3 is 0 Å². The lowest BCUT2D eigenvalue weighted by atomic mass is 9.83. The first kappa shape index (κ1) is 13.6. The highest BCUT2D eigenvalue weighted by molar-refractivity contribution is 5.03. The quantitative estimate of drug-likeness (QED) is 0.839. The van der Waals surface area contributed by atoms with Crippen LogP contribution in [0.3, 0.4) is 0 Å². The summed E-state index contributed by atoms with van der Waals surface area (Å²) in [5.74, 6) is 1.85. The minimum absolute atomic E-state index is 0.895. The van der Waals surface area contributed by atoms with Crippen LogP contribution in [0.2, 0.25) is 0 Å². The lowest BCUT2D eigenvalue weighted by Crippen LogP contribution is -2.25. The third-order valence-corrected chi connectivity index (χ3v) is 4.04. The van der Waals surface area contributed by atoms with Gasteiger partial charge in [-0.25, -0.2) is 0 Å². The smallest absolute Gasteiger partial charge is 0.0534 e. The van der Waals surface area contributed by atoms with E-state index in [1.54, 1.807) is 0 Å². The van der Waals surface area contributed by atoms with E-state index < -0.39 is 0 Å². The summed E-state index contributed by atoms with van der Waals surface area (Å²) in [4.78, 5) is 0. The van der Waals surface area contributed by atoms with Crippen molar-refractivity contribution in [3.63, 3.8) is 0 Å². The molecular formula is C15H27N3. The molecule has 1 aromatic rings. The number of hydrogen-bond acceptors (Lipinski definition) is 2. The van der Waals surface area contributed by atoms with Crippen LogP contribution in [0.4, 0.5) is 0 Å². The zero-order valence-corrected chi connectivity index (χ0v) is 11.9. The van der Waals surface area contributed by atoms with Crippen LogP contribution in [0.15, 0.2) is 12.4 Å². The van der Waals surface area contributed by atoms with E-state index in [1.807, 2.05) is 10.9 Å². The van der Waals surface area contributed by atoms with Crippen LogP contribution in [-0.2, 0) is 13.1 Å². The Hall–Kier alpha value is -0.830. The number of nitrogens with zero attached hydrogens (tertiary/aromatic N) is 2. The van der Waals surface area contributed by atoms with Crippen molar-refractivity contribution in [3.8, 4) is 0 Å². The number of nitrogens with one attached hydrogen (secondary N) is 1. The van der Waals surface area contributed by atoms with Gasteiger partial charge in [0.25, 0.3) is 0 Å². The zero-order valence-electron chi connectivity index (χ0n) is 11.9. The van der Waals surface area contributed by atoms with Gasteiger partial charge in [-0.05, 0) is 37.6 Å². The summed E-state index contributed by atoms with van der Waals surface area (Å²) < 4.78 is 2.04. The number of aryl methyl sites for hydroxylation is 1. The molecule has 1 heterocycles. The van der Waals surface area contributed by atoms with Gasteiger partial charge in [0.2, 0.25) is 0 Å². The van der Waals surface area contributed by atoms with Gasteiger partial charge < -0.3 is 5.32 Å². The van der Waals surface area contributed by atoms with Gasteiger partial charge in [0, 0.05) is 24.8 Å². The summed E-state index contributed by atoms with van der Waals surface area (Å²) in [5.41, 5.74) is 1.31. The van der Waals surface area contributed by atoms with Crippen molar-refractivity contribution in [2.24, 2.45) is 11.8 Å². The Kier molecular flexibility index (Phi) is 5.24. The van der Waals surface area contributed by atoms with E-state index in [4.69, 9.17) is 0 Å². The zero-order chi connectivity index (χ0) is 12.8. The molecule has 0 radical (unpaired) electrons. The highest BCUT2D eigenvalue weighted by atomic mass is 15.3. The van der Waals surface area contributed by atoms with Crippen LogP contribution < -0.4 is 5.32 Å². The van der Waals surface area contributed by atoms with Crippen LogP contribution in [0.1, 0.15) is 51.5 Å². The molecule has 0 amide bonds. The molecule has 102 valence electrons. The number of rotatable bonds is 6. The molecule has 1 saturated carbocycles. The molecule has 2 rings (SSSR count). The molecule has 0 aromatic carbocycles. The van der Waals surface area contributed by atoms with Gasteiger partial charge in [0.05, 0.1) is 6.20 Å². The fraction of sp³-hybridized carbons (Fsp3) is 0.800. The second-order valence-electron chi connectivity index (χ2n) is 5.87.